The molecule has 0 amide bonds. The van der Waals surface area contributed by atoms with Crippen molar-refractivity contribution in [3.05, 3.63) is 19.4 Å². The molecule has 0 fully saturated rings. The summed E-state index contributed by atoms with van der Waals surface area (Å²) < 4.78 is 1.03. The summed E-state index contributed by atoms with van der Waals surface area (Å²) in [5, 5.41) is 10.4. The fourth-order valence-corrected chi connectivity index (χ4v) is 2.23. The van der Waals surface area contributed by atoms with Crippen LogP contribution in [0.5, 0.6) is 0 Å². The lowest BCUT2D eigenvalue weighted by Crippen LogP contribution is -1.94. The minimum Gasteiger partial charge on any atom is -0.477 e. The highest BCUT2D eigenvalue weighted by Crippen LogP contribution is 2.22. The molecule has 0 aliphatic carbocycles. The SMILES string of the molecule is Cc1c(I)csc1C(=O)O. The highest BCUT2D eigenvalue weighted by Gasteiger charge is 2.10. The van der Waals surface area contributed by atoms with Crippen molar-refractivity contribution < 1.29 is 9.90 Å². The van der Waals surface area contributed by atoms with Crippen molar-refractivity contribution in [3.63, 3.8) is 0 Å². The lowest BCUT2D eigenvalue weighted by Gasteiger charge is -1.88. The Morgan fingerprint density at radius 2 is 2.40 bits per heavy atom. The van der Waals surface area contributed by atoms with Crippen molar-refractivity contribution >= 4 is 39.9 Å². The average Bonchev–Trinajstić information content (AvgIpc) is 2.14. The summed E-state index contributed by atoms with van der Waals surface area (Å²) in [5.41, 5.74) is 0.873. The van der Waals surface area contributed by atoms with Gasteiger partial charge in [-0.15, -0.1) is 11.3 Å². The third kappa shape index (κ3) is 1.32. The van der Waals surface area contributed by atoms with Crippen LogP contribution in [0, 0.1) is 10.5 Å². The van der Waals surface area contributed by atoms with E-state index in [0.29, 0.717) is 4.88 Å². The maximum absolute atomic E-state index is 10.4. The normalized spacial score (nSPS) is 9.80. The molecule has 0 unspecified atom stereocenters. The summed E-state index contributed by atoms with van der Waals surface area (Å²) in [6, 6.07) is 0. The summed E-state index contributed by atoms with van der Waals surface area (Å²) in [4.78, 5) is 10.9. The van der Waals surface area contributed by atoms with Crippen LogP contribution in [0.1, 0.15) is 15.2 Å². The Bertz CT molecular complexity index is 267. The zero-order chi connectivity index (χ0) is 7.72. The fraction of sp³-hybridized carbons (Fsp3) is 0.167. The zero-order valence-corrected chi connectivity index (χ0v) is 8.19. The van der Waals surface area contributed by atoms with E-state index in [1.54, 1.807) is 0 Å². The van der Waals surface area contributed by atoms with Crippen molar-refractivity contribution in [1.29, 1.82) is 0 Å². The molecule has 0 spiro atoms. The standard InChI is InChI=1S/C6H5IO2S/c1-3-4(7)2-10-5(3)6(8)9/h2H,1H3,(H,8,9). The molecule has 2 nitrogen and oxygen atoms in total. The fourth-order valence-electron chi connectivity index (χ4n) is 0.607. The van der Waals surface area contributed by atoms with Gasteiger partial charge in [-0.1, -0.05) is 0 Å². The van der Waals surface area contributed by atoms with E-state index in [4.69, 9.17) is 5.11 Å². The minimum atomic E-state index is -0.828. The molecule has 0 aliphatic rings. The third-order valence-electron chi connectivity index (χ3n) is 1.17. The van der Waals surface area contributed by atoms with Gasteiger partial charge in [-0.25, -0.2) is 4.79 Å². The van der Waals surface area contributed by atoms with Gasteiger partial charge in [-0.05, 0) is 35.1 Å². The van der Waals surface area contributed by atoms with Crippen molar-refractivity contribution in [1.82, 2.24) is 0 Å². The first-order valence-electron chi connectivity index (χ1n) is 2.60. The summed E-state index contributed by atoms with van der Waals surface area (Å²) in [5.74, 6) is -0.828. The summed E-state index contributed by atoms with van der Waals surface area (Å²) in [7, 11) is 0. The molecule has 0 aliphatic heterocycles. The number of hydrogen-bond donors (Lipinski definition) is 1. The Morgan fingerprint density at radius 3 is 2.60 bits per heavy atom. The van der Waals surface area contributed by atoms with E-state index in [2.05, 4.69) is 22.6 Å². The molecule has 1 aromatic rings. The molecule has 0 bridgehead atoms. The van der Waals surface area contributed by atoms with Gasteiger partial charge < -0.3 is 5.11 Å². The smallest absolute Gasteiger partial charge is 0.346 e. The van der Waals surface area contributed by atoms with Gasteiger partial charge in [0.15, 0.2) is 0 Å². The molecular formula is C6H5IO2S. The Balaban J connectivity index is 3.17. The van der Waals surface area contributed by atoms with Gasteiger partial charge in [0.05, 0.1) is 0 Å². The predicted octanol–water partition coefficient (Wildman–Crippen LogP) is 2.36. The van der Waals surface area contributed by atoms with Crippen molar-refractivity contribution in [2.75, 3.05) is 0 Å². The molecular weight excluding hydrogens is 263 g/mol. The molecule has 1 N–H and O–H groups in total. The minimum absolute atomic E-state index is 0.449. The average molecular weight is 268 g/mol. The van der Waals surface area contributed by atoms with Crippen LogP contribution in [0.4, 0.5) is 0 Å². The third-order valence-corrected chi connectivity index (χ3v) is 3.79. The monoisotopic (exact) mass is 268 g/mol. The van der Waals surface area contributed by atoms with E-state index in [9.17, 15) is 4.79 Å². The molecule has 54 valence electrons. The number of thiophene rings is 1. The largest absolute Gasteiger partial charge is 0.477 e. The van der Waals surface area contributed by atoms with Gasteiger partial charge in [-0.2, -0.15) is 0 Å². The van der Waals surface area contributed by atoms with Gasteiger partial charge in [0.1, 0.15) is 4.88 Å². The van der Waals surface area contributed by atoms with Crippen LogP contribution in [0.3, 0.4) is 0 Å². The molecule has 4 heteroatoms. The first kappa shape index (κ1) is 8.00. The molecule has 0 saturated heterocycles. The molecule has 0 atom stereocenters. The van der Waals surface area contributed by atoms with Crippen LogP contribution in [0.25, 0.3) is 0 Å². The second kappa shape index (κ2) is 2.87. The quantitative estimate of drug-likeness (QED) is 0.794. The number of aromatic carboxylic acids is 1. The van der Waals surface area contributed by atoms with Crippen LogP contribution in [-0.2, 0) is 0 Å². The van der Waals surface area contributed by atoms with Crippen LogP contribution < -0.4 is 0 Å². The number of carboxylic acid groups (broad SMARTS) is 1. The Kier molecular flexibility index (Phi) is 2.30. The maximum atomic E-state index is 10.4. The van der Waals surface area contributed by atoms with E-state index >= 15 is 0 Å². The number of halogens is 1. The molecule has 0 radical (unpaired) electrons. The molecule has 10 heavy (non-hydrogen) atoms. The second-order valence-corrected chi connectivity index (χ2v) is 3.88. The van der Waals surface area contributed by atoms with E-state index in [1.165, 1.54) is 11.3 Å². The number of carbonyl (C=O) groups is 1. The van der Waals surface area contributed by atoms with E-state index in [-0.39, 0.29) is 0 Å². The molecule has 0 saturated carbocycles. The summed E-state index contributed by atoms with van der Waals surface area (Å²) in [6.45, 7) is 1.82. The van der Waals surface area contributed by atoms with Crippen LogP contribution >= 0.6 is 33.9 Å². The first-order chi connectivity index (χ1) is 4.63. The maximum Gasteiger partial charge on any atom is 0.346 e. The Hall–Kier alpha value is -0.100. The highest BCUT2D eigenvalue weighted by atomic mass is 127. The van der Waals surface area contributed by atoms with Gasteiger partial charge in [0.2, 0.25) is 0 Å². The first-order valence-corrected chi connectivity index (χ1v) is 4.55. The predicted molar refractivity (Wildman–Crippen MR) is 48.7 cm³/mol. The summed E-state index contributed by atoms with van der Waals surface area (Å²) in [6.07, 6.45) is 0. The van der Waals surface area contributed by atoms with Gasteiger partial charge in [-0.3, -0.25) is 0 Å². The Morgan fingerprint density at radius 1 is 1.80 bits per heavy atom. The number of carboxylic acids is 1. The van der Waals surface area contributed by atoms with Gasteiger partial charge >= 0.3 is 5.97 Å². The second-order valence-electron chi connectivity index (χ2n) is 1.84. The van der Waals surface area contributed by atoms with Crippen LogP contribution in [0.15, 0.2) is 5.38 Å². The van der Waals surface area contributed by atoms with E-state index < -0.39 is 5.97 Å². The Labute approximate surface area is 76.0 Å². The van der Waals surface area contributed by atoms with Gasteiger partial charge in [0, 0.05) is 8.95 Å². The number of hydrogen-bond acceptors (Lipinski definition) is 2. The zero-order valence-electron chi connectivity index (χ0n) is 5.22. The summed E-state index contributed by atoms with van der Waals surface area (Å²) >= 11 is 3.40. The molecule has 1 heterocycles. The molecule has 0 aromatic carbocycles. The number of rotatable bonds is 1. The van der Waals surface area contributed by atoms with Crippen LogP contribution in [0.2, 0.25) is 0 Å². The topological polar surface area (TPSA) is 37.3 Å². The lowest BCUT2D eigenvalue weighted by molar-refractivity contribution is 0.0701. The van der Waals surface area contributed by atoms with E-state index in [0.717, 1.165) is 9.13 Å². The van der Waals surface area contributed by atoms with E-state index in [1.807, 2.05) is 12.3 Å². The highest BCUT2D eigenvalue weighted by molar-refractivity contribution is 14.1. The molecule has 1 aromatic heterocycles. The lowest BCUT2D eigenvalue weighted by atomic mass is 10.3. The van der Waals surface area contributed by atoms with Crippen LogP contribution in [-0.4, -0.2) is 11.1 Å². The van der Waals surface area contributed by atoms with Gasteiger partial charge in [0.25, 0.3) is 0 Å². The molecule has 1 rings (SSSR count). The van der Waals surface area contributed by atoms with Crippen molar-refractivity contribution in [2.45, 2.75) is 6.92 Å². The van der Waals surface area contributed by atoms with Crippen molar-refractivity contribution in [3.8, 4) is 0 Å². The van der Waals surface area contributed by atoms with Crippen molar-refractivity contribution in [2.24, 2.45) is 0 Å².